The summed E-state index contributed by atoms with van der Waals surface area (Å²) in [5, 5.41) is 0.923. The Bertz CT molecular complexity index is 502. The van der Waals surface area contributed by atoms with Crippen molar-refractivity contribution in [1.82, 2.24) is 4.90 Å². The Balaban J connectivity index is 2.26. The van der Waals surface area contributed by atoms with Crippen molar-refractivity contribution in [1.29, 1.82) is 0 Å². The van der Waals surface area contributed by atoms with E-state index >= 15 is 0 Å². The molecule has 20 heavy (non-hydrogen) atoms. The summed E-state index contributed by atoms with van der Waals surface area (Å²) in [5.41, 5.74) is 1.07. The number of rotatable bonds is 3. The second-order valence-electron chi connectivity index (χ2n) is 4.61. The lowest BCUT2D eigenvalue weighted by Gasteiger charge is -2.33. The lowest BCUT2D eigenvalue weighted by atomic mass is 10.2. The molecule has 0 aliphatic carbocycles. The van der Waals surface area contributed by atoms with Crippen LogP contribution in [0.3, 0.4) is 0 Å². The van der Waals surface area contributed by atoms with Crippen LogP contribution in [0.2, 0.25) is 0 Å². The Labute approximate surface area is 134 Å². The van der Waals surface area contributed by atoms with Crippen LogP contribution in [0.1, 0.15) is 25.3 Å². The number of carbonyl (C=O) groups excluding carboxylic acids is 1. The van der Waals surface area contributed by atoms with Crippen LogP contribution in [0.15, 0.2) is 35.4 Å². The van der Waals surface area contributed by atoms with Gasteiger partial charge in [0.05, 0.1) is 5.03 Å². The Morgan fingerprint density at radius 1 is 1.40 bits per heavy atom. The van der Waals surface area contributed by atoms with E-state index in [4.69, 9.17) is 23.2 Å². The number of benzene rings is 1. The molecule has 1 amide bonds. The fraction of sp³-hybridized carbons (Fsp3) is 0.400. The minimum Gasteiger partial charge on any atom is -0.304 e. The third-order valence-corrected chi connectivity index (χ3v) is 5.12. The van der Waals surface area contributed by atoms with E-state index in [1.54, 1.807) is 16.7 Å². The molecule has 1 aliphatic rings. The molecule has 1 aromatic carbocycles. The first-order chi connectivity index (χ1) is 9.54. The second-order valence-corrected chi connectivity index (χ2v) is 7.21. The molecule has 1 heterocycles. The van der Waals surface area contributed by atoms with Crippen LogP contribution < -0.4 is 0 Å². The van der Waals surface area contributed by atoms with Gasteiger partial charge < -0.3 is 4.90 Å². The molecule has 108 valence electrons. The van der Waals surface area contributed by atoms with Gasteiger partial charge in [-0.25, -0.2) is 0 Å². The molecule has 1 aromatic rings. The molecule has 0 unspecified atom stereocenters. The van der Waals surface area contributed by atoms with E-state index in [9.17, 15) is 4.79 Å². The van der Waals surface area contributed by atoms with Gasteiger partial charge in [-0.05, 0) is 24.5 Å². The van der Waals surface area contributed by atoms with Gasteiger partial charge in [-0.1, -0.05) is 60.5 Å². The zero-order valence-electron chi connectivity index (χ0n) is 11.3. The fourth-order valence-electron chi connectivity index (χ4n) is 1.95. The molecule has 5 heteroatoms. The number of alkyl halides is 2. The molecular formula is C15H17Cl2NOS. The van der Waals surface area contributed by atoms with Crippen molar-refractivity contribution in [3.63, 3.8) is 0 Å². The standard InChI is InChI=1S/C15H17Cl2NOS/c1-2-15(16,17)14(19)18-9-6-10-20-13(18)11-12-7-4-3-5-8-12/h3-5,7-8,11H,2,6,9-10H2,1H3/b13-11-. The van der Waals surface area contributed by atoms with Gasteiger partial charge >= 0.3 is 0 Å². The Morgan fingerprint density at radius 3 is 2.75 bits per heavy atom. The molecule has 0 saturated carbocycles. The predicted octanol–water partition coefficient (Wildman–Crippen LogP) is 4.53. The predicted molar refractivity (Wildman–Crippen MR) is 87.9 cm³/mol. The molecule has 2 rings (SSSR count). The van der Waals surface area contributed by atoms with Crippen LogP contribution in [0.5, 0.6) is 0 Å². The van der Waals surface area contributed by atoms with Crippen molar-refractivity contribution in [2.45, 2.75) is 24.1 Å². The topological polar surface area (TPSA) is 20.3 Å². The van der Waals surface area contributed by atoms with Crippen LogP contribution in [-0.2, 0) is 4.79 Å². The van der Waals surface area contributed by atoms with Crippen molar-refractivity contribution >= 4 is 46.9 Å². The number of amides is 1. The van der Waals surface area contributed by atoms with Crippen LogP contribution in [0, 0.1) is 0 Å². The minimum absolute atomic E-state index is 0.224. The number of hydrogen-bond acceptors (Lipinski definition) is 2. The lowest BCUT2D eigenvalue weighted by Crippen LogP contribution is -2.42. The summed E-state index contributed by atoms with van der Waals surface area (Å²) in [6.45, 7) is 2.49. The van der Waals surface area contributed by atoms with E-state index in [-0.39, 0.29) is 5.91 Å². The molecule has 1 saturated heterocycles. The SMILES string of the molecule is CCC(Cl)(Cl)C(=O)N1CCCS/C1=C\c1ccccc1. The molecule has 2 nitrogen and oxygen atoms in total. The van der Waals surface area contributed by atoms with E-state index in [2.05, 4.69) is 0 Å². The smallest absolute Gasteiger partial charge is 0.263 e. The third-order valence-electron chi connectivity index (χ3n) is 3.13. The molecule has 0 N–H and O–H groups in total. The fourth-order valence-corrected chi connectivity index (χ4v) is 3.19. The van der Waals surface area contributed by atoms with Crippen molar-refractivity contribution < 1.29 is 4.79 Å². The van der Waals surface area contributed by atoms with Gasteiger partial charge in [0.25, 0.3) is 5.91 Å². The summed E-state index contributed by atoms with van der Waals surface area (Å²) in [6, 6.07) is 9.95. The van der Waals surface area contributed by atoms with Crippen molar-refractivity contribution in [3.8, 4) is 0 Å². The summed E-state index contributed by atoms with van der Waals surface area (Å²) in [7, 11) is 0. The molecule has 0 aromatic heterocycles. The van der Waals surface area contributed by atoms with E-state index < -0.39 is 4.33 Å². The maximum Gasteiger partial charge on any atom is 0.263 e. The van der Waals surface area contributed by atoms with Crippen LogP contribution in [0.25, 0.3) is 6.08 Å². The first-order valence-electron chi connectivity index (χ1n) is 6.64. The van der Waals surface area contributed by atoms with Crippen LogP contribution in [-0.4, -0.2) is 27.4 Å². The van der Waals surface area contributed by atoms with E-state index in [1.165, 1.54) is 0 Å². The van der Waals surface area contributed by atoms with Gasteiger partial charge in [0.2, 0.25) is 0 Å². The third kappa shape index (κ3) is 3.72. The van der Waals surface area contributed by atoms with Gasteiger partial charge in [0, 0.05) is 12.3 Å². The normalized spacial score (nSPS) is 18.4. The Morgan fingerprint density at radius 2 is 2.10 bits per heavy atom. The van der Waals surface area contributed by atoms with E-state index in [0.717, 1.165) is 22.8 Å². The Kier molecular flexibility index (Phi) is 5.42. The first kappa shape index (κ1) is 15.7. The average Bonchev–Trinajstić information content (AvgIpc) is 2.48. The monoisotopic (exact) mass is 329 g/mol. The van der Waals surface area contributed by atoms with Gasteiger partial charge in [0.15, 0.2) is 4.33 Å². The number of nitrogens with zero attached hydrogens (tertiary/aromatic N) is 1. The highest BCUT2D eigenvalue weighted by Gasteiger charge is 2.37. The van der Waals surface area contributed by atoms with Gasteiger partial charge in [-0.15, -0.1) is 11.8 Å². The quantitative estimate of drug-likeness (QED) is 0.759. The Hall–Kier alpha value is -0.640. The van der Waals surface area contributed by atoms with E-state index in [0.29, 0.717) is 13.0 Å². The number of halogens is 2. The first-order valence-corrected chi connectivity index (χ1v) is 8.38. The summed E-state index contributed by atoms with van der Waals surface area (Å²) >= 11 is 13.9. The summed E-state index contributed by atoms with van der Waals surface area (Å²) < 4.78 is -1.34. The maximum absolute atomic E-state index is 12.5. The van der Waals surface area contributed by atoms with Crippen LogP contribution >= 0.6 is 35.0 Å². The van der Waals surface area contributed by atoms with Gasteiger partial charge in [-0.2, -0.15) is 0 Å². The molecule has 0 bridgehead atoms. The highest BCUT2D eigenvalue weighted by atomic mass is 35.5. The van der Waals surface area contributed by atoms with Crippen molar-refractivity contribution in [3.05, 3.63) is 40.9 Å². The molecule has 0 radical (unpaired) electrons. The summed E-state index contributed by atoms with van der Waals surface area (Å²) in [5.74, 6) is 0.782. The average molecular weight is 330 g/mol. The van der Waals surface area contributed by atoms with Crippen LogP contribution in [0.4, 0.5) is 0 Å². The summed E-state index contributed by atoms with van der Waals surface area (Å²) in [6.07, 6.45) is 3.37. The van der Waals surface area contributed by atoms with Gasteiger partial charge in [0.1, 0.15) is 0 Å². The molecule has 1 fully saturated rings. The molecule has 0 atom stereocenters. The van der Waals surface area contributed by atoms with Crippen molar-refractivity contribution in [2.24, 2.45) is 0 Å². The summed E-state index contributed by atoms with van der Waals surface area (Å²) in [4.78, 5) is 14.2. The van der Waals surface area contributed by atoms with E-state index in [1.807, 2.05) is 43.3 Å². The zero-order valence-corrected chi connectivity index (χ0v) is 13.6. The molecular weight excluding hydrogens is 313 g/mol. The minimum atomic E-state index is -1.34. The second kappa shape index (κ2) is 6.88. The zero-order chi connectivity index (χ0) is 14.6. The lowest BCUT2D eigenvalue weighted by molar-refractivity contribution is -0.129. The highest BCUT2D eigenvalue weighted by molar-refractivity contribution is 8.03. The highest BCUT2D eigenvalue weighted by Crippen LogP contribution is 2.35. The molecule has 1 aliphatic heterocycles. The molecule has 0 spiro atoms. The number of thioether (sulfide) groups is 1. The number of hydrogen-bond donors (Lipinski definition) is 0. The number of carbonyl (C=O) groups is 1. The van der Waals surface area contributed by atoms with Gasteiger partial charge in [-0.3, -0.25) is 4.79 Å². The maximum atomic E-state index is 12.5. The van der Waals surface area contributed by atoms with Crippen molar-refractivity contribution in [2.75, 3.05) is 12.3 Å². The largest absolute Gasteiger partial charge is 0.304 e.